The Hall–Kier alpha value is -2.34. The molecule has 126 valence electrons. The summed E-state index contributed by atoms with van der Waals surface area (Å²) in [4.78, 5) is 29.6. The Morgan fingerprint density at radius 3 is 2.50 bits per heavy atom. The van der Waals surface area contributed by atoms with Crippen molar-refractivity contribution in [1.29, 1.82) is 0 Å². The first kappa shape index (κ1) is 16.5. The number of thiophene rings is 1. The zero-order chi connectivity index (χ0) is 16.9. The second-order valence-electron chi connectivity index (χ2n) is 5.80. The Morgan fingerprint density at radius 2 is 1.75 bits per heavy atom. The molecule has 1 aromatic heterocycles. The zero-order valence-electron chi connectivity index (χ0n) is 13.4. The number of hydrogen-bond acceptors (Lipinski definition) is 4. The van der Waals surface area contributed by atoms with Crippen LogP contribution in [0.2, 0.25) is 0 Å². The van der Waals surface area contributed by atoms with Crippen molar-refractivity contribution in [2.24, 2.45) is 0 Å². The molecule has 0 atom stereocenters. The highest BCUT2D eigenvalue weighted by molar-refractivity contribution is 7.10. The molecule has 5 nitrogen and oxygen atoms in total. The number of nitrogens with zero attached hydrogens (tertiary/aromatic N) is 2. The van der Waals surface area contributed by atoms with Crippen molar-refractivity contribution >= 4 is 23.2 Å². The highest BCUT2D eigenvalue weighted by Gasteiger charge is 2.24. The minimum Gasteiger partial charge on any atom is -0.507 e. The molecule has 1 saturated heterocycles. The lowest BCUT2D eigenvalue weighted by atomic mass is 10.1. The normalized spacial score (nSPS) is 15.2. The molecule has 0 saturated carbocycles. The molecule has 3 rings (SSSR count). The molecular weight excluding hydrogens is 324 g/mol. The van der Waals surface area contributed by atoms with E-state index in [-0.39, 0.29) is 17.6 Å². The van der Waals surface area contributed by atoms with Gasteiger partial charge in [0.15, 0.2) is 0 Å². The van der Waals surface area contributed by atoms with Crippen molar-refractivity contribution in [3.63, 3.8) is 0 Å². The van der Waals surface area contributed by atoms with E-state index in [1.807, 2.05) is 22.4 Å². The van der Waals surface area contributed by atoms with Crippen molar-refractivity contribution in [3.8, 4) is 5.75 Å². The number of hydrogen-bond donors (Lipinski definition) is 1. The molecule has 1 aliphatic heterocycles. The van der Waals surface area contributed by atoms with Gasteiger partial charge in [0, 0.05) is 31.1 Å². The van der Waals surface area contributed by atoms with Gasteiger partial charge in [0.25, 0.3) is 5.91 Å². The predicted octanol–water partition coefficient (Wildman–Crippen LogP) is 2.37. The third-order valence-electron chi connectivity index (χ3n) is 4.18. The number of rotatable bonds is 3. The van der Waals surface area contributed by atoms with Crippen LogP contribution >= 0.6 is 11.3 Å². The highest BCUT2D eigenvalue weighted by Crippen LogP contribution is 2.19. The Balaban J connectivity index is 1.61. The van der Waals surface area contributed by atoms with E-state index in [0.29, 0.717) is 38.2 Å². The monoisotopic (exact) mass is 344 g/mol. The summed E-state index contributed by atoms with van der Waals surface area (Å²) in [7, 11) is 0. The van der Waals surface area contributed by atoms with Crippen LogP contribution < -0.4 is 0 Å². The number of aromatic hydroxyl groups is 1. The van der Waals surface area contributed by atoms with E-state index in [9.17, 15) is 14.7 Å². The van der Waals surface area contributed by atoms with Gasteiger partial charge in [-0.3, -0.25) is 9.59 Å². The van der Waals surface area contributed by atoms with Crippen molar-refractivity contribution in [2.45, 2.75) is 12.8 Å². The molecule has 2 aromatic rings. The SMILES string of the molecule is O=C(Cc1cccs1)N1CCCN(C(=O)c2ccccc2O)CC1. The number of phenolic OH excluding ortho intramolecular Hbond substituents is 1. The number of para-hydroxylation sites is 1. The van der Waals surface area contributed by atoms with E-state index >= 15 is 0 Å². The van der Waals surface area contributed by atoms with Gasteiger partial charge in [0.2, 0.25) is 5.91 Å². The average Bonchev–Trinajstić information content (AvgIpc) is 2.96. The summed E-state index contributed by atoms with van der Waals surface area (Å²) in [6, 6.07) is 10.5. The fourth-order valence-electron chi connectivity index (χ4n) is 2.87. The smallest absolute Gasteiger partial charge is 0.257 e. The van der Waals surface area contributed by atoms with Gasteiger partial charge in [-0.1, -0.05) is 18.2 Å². The van der Waals surface area contributed by atoms with E-state index in [4.69, 9.17) is 0 Å². The van der Waals surface area contributed by atoms with Gasteiger partial charge in [-0.15, -0.1) is 11.3 Å². The van der Waals surface area contributed by atoms with Gasteiger partial charge in [-0.2, -0.15) is 0 Å². The Morgan fingerprint density at radius 1 is 1.00 bits per heavy atom. The Labute approximate surface area is 145 Å². The zero-order valence-corrected chi connectivity index (χ0v) is 14.2. The molecule has 0 unspecified atom stereocenters. The summed E-state index contributed by atoms with van der Waals surface area (Å²) in [5.41, 5.74) is 0.316. The first-order valence-corrected chi connectivity index (χ1v) is 8.90. The fourth-order valence-corrected chi connectivity index (χ4v) is 3.56. The summed E-state index contributed by atoms with van der Waals surface area (Å²) in [5, 5.41) is 11.8. The third kappa shape index (κ3) is 3.76. The predicted molar refractivity (Wildman–Crippen MR) is 93.2 cm³/mol. The molecule has 2 amide bonds. The lowest BCUT2D eigenvalue weighted by Gasteiger charge is -2.22. The van der Waals surface area contributed by atoms with Gasteiger partial charge in [0.1, 0.15) is 5.75 Å². The first-order chi connectivity index (χ1) is 11.6. The molecule has 0 bridgehead atoms. The van der Waals surface area contributed by atoms with E-state index in [1.54, 1.807) is 34.4 Å². The van der Waals surface area contributed by atoms with Crippen LogP contribution in [-0.2, 0) is 11.2 Å². The summed E-state index contributed by atoms with van der Waals surface area (Å²) < 4.78 is 0. The molecule has 0 radical (unpaired) electrons. The van der Waals surface area contributed by atoms with E-state index in [2.05, 4.69) is 0 Å². The van der Waals surface area contributed by atoms with Crippen LogP contribution in [0.5, 0.6) is 5.75 Å². The summed E-state index contributed by atoms with van der Waals surface area (Å²) in [6.45, 7) is 2.28. The lowest BCUT2D eigenvalue weighted by Crippen LogP contribution is -2.37. The minimum atomic E-state index is -0.180. The van der Waals surface area contributed by atoms with Crippen LogP contribution in [0.25, 0.3) is 0 Å². The number of carbonyl (C=O) groups is 2. The Bertz CT molecular complexity index is 715. The van der Waals surface area contributed by atoms with Crippen LogP contribution in [0.3, 0.4) is 0 Å². The maximum absolute atomic E-state index is 12.6. The first-order valence-electron chi connectivity index (χ1n) is 8.02. The van der Waals surface area contributed by atoms with Gasteiger partial charge >= 0.3 is 0 Å². The molecule has 0 spiro atoms. The van der Waals surface area contributed by atoms with Crippen molar-refractivity contribution in [1.82, 2.24) is 9.80 Å². The summed E-state index contributed by atoms with van der Waals surface area (Å²) in [5.74, 6) is -0.0765. The van der Waals surface area contributed by atoms with E-state index in [0.717, 1.165) is 11.3 Å². The third-order valence-corrected chi connectivity index (χ3v) is 5.05. The van der Waals surface area contributed by atoms with E-state index < -0.39 is 0 Å². The molecular formula is C18H20N2O3S. The van der Waals surface area contributed by atoms with Gasteiger partial charge < -0.3 is 14.9 Å². The highest BCUT2D eigenvalue weighted by atomic mass is 32.1. The van der Waals surface area contributed by atoms with Crippen LogP contribution in [0.1, 0.15) is 21.7 Å². The standard InChI is InChI=1S/C18H20N2O3S/c21-16-7-2-1-6-15(16)18(23)20-9-4-8-19(10-11-20)17(22)13-14-5-3-12-24-14/h1-3,5-7,12,21H,4,8-11,13H2. The van der Waals surface area contributed by atoms with Gasteiger partial charge in [0.05, 0.1) is 12.0 Å². The number of benzene rings is 1. The summed E-state index contributed by atoms with van der Waals surface area (Å²) >= 11 is 1.58. The maximum atomic E-state index is 12.6. The second-order valence-corrected chi connectivity index (χ2v) is 6.83. The molecule has 0 aliphatic carbocycles. The molecule has 1 N–H and O–H groups in total. The Kier molecular flexibility index (Phi) is 5.15. The van der Waals surface area contributed by atoms with Crippen LogP contribution in [-0.4, -0.2) is 52.9 Å². The van der Waals surface area contributed by atoms with Crippen molar-refractivity contribution in [3.05, 3.63) is 52.2 Å². The molecule has 1 aromatic carbocycles. The summed E-state index contributed by atoms with van der Waals surface area (Å²) in [6.07, 6.45) is 1.17. The molecule has 6 heteroatoms. The maximum Gasteiger partial charge on any atom is 0.257 e. The number of phenols is 1. The van der Waals surface area contributed by atoms with Crippen LogP contribution in [0, 0.1) is 0 Å². The van der Waals surface area contributed by atoms with E-state index in [1.165, 1.54) is 6.07 Å². The van der Waals surface area contributed by atoms with Crippen molar-refractivity contribution < 1.29 is 14.7 Å². The molecule has 1 aliphatic rings. The number of carbonyl (C=O) groups excluding carboxylic acids is 2. The quantitative estimate of drug-likeness (QED) is 0.930. The fraction of sp³-hybridized carbons (Fsp3) is 0.333. The van der Waals surface area contributed by atoms with Crippen LogP contribution in [0.15, 0.2) is 41.8 Å². The van der Waals surface area contributed by atoms with Gasteiger partial charge in [-0.25, -0.2) is 0 Å². The minimum absolute atomic E-state index is 0.00243. The van der Waals surface area contributed by atoms with Crippen LogP contribution in [0.4, 0.5) is 0 Å². The molecule has 1 fully saturated rings. The van der Waals surface area contributed by atoms with Gasteiger partial charge in [-0.05, 0) is 30.0 Å². The number of amides is 2. The lowest BCUT2D eigenvalue weighted by molar-refractivity contribution is -0.130. The average molecular weight is 344 g/mol. The second kappa shape index (κ2) is 7.49. The molecule has 2 heterocycles. The molecule has 24 heavy (non-hydrogen) atoms. The van der Waals surface area contributed by atoms with Crippen molar-refractivity contribution in [2.75, 3.05) is 26.2 Å². The largest absolute Gasteiger partial charge is 0.507 e. The topological polar surface area (TPSA) is 60.9 Å².